The first kappa shape index (κ1) is 116. The van der Waals surface area contributed by atoms with Crippen LogP contribution in [0.15, 0.2) is 158 Å². The number of ether oxygens (including phenoxy) is 3. The molecule has 0 aromatic heterocycles. The number of phosphoric ester groups is 2. The predicted molar refractivity (Wildman–Crippen MR) is 509 cm³/mol. The Morgan fingerprint density at radius 3 is 0.694 bits per heavy atom. The molecule has 16 nitrogen and oxygen atoms in total. The monoisotopic (exact) mass is 1730 g/mol. The van der Waals surface area contributed by atoms with E-state index < -0.39 is 91.5 Å². The van der Waals surface area contributed by atoms with Crippen LogP contribution in [0, 0.1) is 0 Å². The normalized spacial score (nSPS) is 14.4. The lowest BCUT2D eigenvalue weighted by molar-refractivity contribution is -0.161. The second-order valence-corrected chi connectivity index (χ2v) is 35.4. The molecule has 121 heavy (non-hydrogen) atoms. The summed E-state index contributed by atoms with van der Waals surface area (Å²) >= 11 is 0. The minimum atomic E-state index is -4.95. The van der Waals surface area contributed by atoms with Crippen LogP contribution in [0.25, 0.3) is 0 Å². The van der Waals surface area contributed by atoms with Crippen LogP contribution in [0.1, 0.15) is 419 Å². The highest BCUT2D eigenvalue weighted by Crippen LogP contribution is 2.45. The summed E-state index contributed by atoms with van der Waals surface area (Å²) in [5.74, 6) is -1.59. The van der Waals surface area contributed by atoms with Crippen LogP contribution in [-0.4, -0.2) is 95.9 Å². The van der Waals surface area contributed by atoms with E-state index in [1.54, 1.807) is 0 Å². The van der Waals surface area contributed by atoms with E-state index in [1.807, 2.05) is 0 Å². The van der Waals surface area contributed by atoms with Gasteiger partial charge in [0.25, 0.3) is 0 Å². The van der Waals surface area contributed by atoms with E-state index in [9.17, 15) is 43.5 Å². The SMILES string of the molecule is CC/C=C\C/C=C\C/C=C\C/C=C\C/C=C\CCCCCCCCCCCCCCCCCCCC(=O)OCC(COP(=O)(O)OCC(O)COP(=O)(O)OCC(O)COC(=O)CCCCCCCCCCCCCCCCCCCCC/C=C\C/C=C\C/C=C\C/C=C\CCCCC)OC(=O)CCCCCC/C=C\C/C=C\C/C=C\C/C=C\CC. The molecule has 0 aliphatic heterocycles. The number of hydrogen-bond donors (Lipinski definition) is 4. The van der Waals surface area contributed by atoms with Gasteiger partial charge in [-0.1, -0.05) is 410 Å². The summed E-state index contributed by atoms with van der Waals surface area (Å²) in [6, 6.07) is 0. The zero-order valence-electron chi connectivity index (χ0n) is 76.9. The average molecular weight is 1730 g/mol. The molecule has 0 saturated carbocycles. The number of carbonyl (C=O) groups is 3. The van der Waals surface area contributed by atoms with Crippen molar-refractivity contribution >= 4 is 33.6 Å². The fourth-order valence-corrected chi connectivity index (χ4v) is 15.0. The number of allylic oxidation sites excluding steroid dienone is 26. The highest BCUT2D eigenvalue weighted by molar-refractivity contribution is 7.47. The van der Waals surface area contributed by atoms with Gasteiger partial charge in [0, 0.05) is 19.3 Å². The van der Waals surface area contributed by atoms with E-state index >= 15 is 0 Å². The molecule has 0 saturated heterocycles. The Bertz CT molecular complexity index is 2830. The third-order valence-electron chi connectivity index (χ3n) is 20.7. The van der Waals surface area contributed by atoms with Gasteiger partial charge in [-0.15, -0.1) is 0 Å². The summed E-state index contributed by atoms with van der Waals surface area (Å²) in [4.78, 5) is 59.0. The molecule has 5 atom stereocenters. The number of aliphatic hydroxyl groups excluding tert-OH is 2. The maximum atomic E-state index is 13.0. The Kier molecular flexibility index (Phi) is 90.5. The third-order valence-corrected chi connectivity index (χ3v) is 22.6. The Morgan fingerprint density at radius 2 is 0.438 bits per heavy atom. The molecule has 18 heteroatoms. The summed E-state index contributed by atoms with van der Waals surface area (Å²) in [5, 5.41) is 20.7. The molecule has 0 fully saturated rings. The molecule has 0 spiro atoms. The van der Waals surface area contributed by atoms with E-state index in [0.717, 1.165) is 141 Å². The highest BCUT2D eigenvalue weighted by Gasteiger charge is 2.30. The summed E-state index contributed by atoms with van der Waals surface area (Å²) in [6.45, 7) is 2.46. The molecule has 0 radical (unpaired) electrons. The van der Waals surface area contributed by atoms with Crippen molar-refractivity contribution < 1.29 is 75.8 Å². The predicted octanol–water partition coefficient (Wildman–Crippen LogP) is 30.5. The standard InChI is InChI=1S/C103H178O16P2/c1-4-7-10-13-16-19-22-25-28-31-33-35-37-39-41-43-45-47-48-50-52-53-55-57-59-61-63-66-68-71-74-77-80-83-86-89-101(106)113-92-98(104)93-115-120(109,110)116-94-99(105)95-117-121(111,112)118-97-100(119-103(108)91-88-85-82-79-76-73-70-65-30-27-24-21-18-15-12-9-6-3)96-114-102(107)90-87-84-81-78-75-72-69-67-64-62-60-58-56-54-51-49-46-44-42-40-38-36-34-32-29-26-23-20-17-14-11-8-5-2/h8-9,11-12,16-21,25-30,33-36,39-42,70,73,98-100,104-105H,4-7,10,13-15,22-24,31-32,37-38,43-69,71-72,74-97H2,1-3H3,(H,109,110)(H,111,112)/b11-8-,12-9-,19-16-,20-17-,21-18-,28-25-,29-26-,30-27-,35-33-,36-34-,41-39-,42-40-,73-70-. The van der Waals surface area contributed by atoms with Gasteiger partial charge in [0.1, 0.15) is 25.4 Å². The van der Waals surface area contributed by atoms with E-state index in [-0.39, 0.29) is 19.3 Å². The summed E-state index contributed by atoms with van der Waals surface area (Å²) < 4.78 is 61.5. The Balaban J connectivity index is 4.45. The van der Waals surface area contributed by atoms with Crippen LogP contribution in [0.4, 0.5) is 0 Å². The van der Waals surface area contributed by atoms with Gasteiger partial charge in [0.15, 0.2) is 6.10 Å². The molecule has 0 aliphatic carbocycles. The molecule has 0 aromatic rings. The van der Waals surface area contributed by atoms with Gasteiger partial charge >= 0.3 is 33.6 Å². The second kappa shape index (κ2) is 94.3. The second-order valence-electron chi connectivity index (χ2n) is 32.5. The Morgan fingerprint density at radius 1 is 0.240 bits per heavy atom. The van der Waals surface area contributed by atoms with Crippen molar-refractivity contribution in [2.24, 2.45) is 0 Å². The highest BCUT2D eigenvalue weighted by atomic mass is 31.2. The van der Waals surface area contributed by atoms with Crippen LogP contribution in [-0.2, 0) is 55.8 Å². The van der Waals surface area contributed by atoms with E-state index in [1.165, 1.54) is 218 Å². The van der Waals surface area contributed by atoms with Gasteiger partial charge in [0.2, 0.25) is 0 Å². The lowest BCUT2D eigenvalue weighted by Gasteiger charge is -2.21. The number of aliphatic hydroxyl groups is 2. The summed E-state index contributed by atoms with van der Waals surface area (Å²) in [6.07, 6.45) is 122. The zero-order valence-corrected chi connectivity index (χ0v) is 78.7. The summed E-state index contributed by atoms with van der Waals surface area (Å²) in [7, 11) is -9.82. The van der Waals surface area contributed by atoms with Crippen molar-refractivity contribution in [2.75, 3.05) is 39.6 Å². The quantitative estimate of drug-likeness (QED) is 0.0146. The molecule has 0 aromatic carbocycles. The fraction of sp³-hybridized carbons (Fsp3) is 0.718. The van der Waals surface area contributed by atoms with Gasteiger partial charge in [-0.05, 0) is 148 Å². The number of esters is 3. The molecule has 0 amide bonds. The molecule has 0 rings (SSSR count). The van der Waals surface area contributed by atoms with E-state index in [0.29, 0.717) is 19.3 Å². The molecule has 696 valence electrons. The van der Waals surface area contributed by atoms with Crippen molar-refractivity contribution in [3.8, 4) is 0 Å². The Hall–Kier alpha value is -4.83. The van der Waals surface area contributed by atoms with Gasteiger partial charge in [-0.3, -0.25) is 32.5 Å². The van der Waals surface area contributed by atoms with Crippen LogP contribution < -0.4 is 0 Å². The number of unbranched alkanes of at least 4 members (excludes halogenated alkanes) is 43. The molecular formula is C103H178O16P2. The maximum Gasteiger partial charge on any atom is 0.472 e. The van der Waals surface area contributed by atoms with Gasteiger partial charge < -0.3 is 34.2 Å². The zero-order chi connectivity index (χ0) is 87.9. The minimum absolute atomic E-state index is 0.0750. The molecule has 5 unspecified atom stereocenters. The average Bonchev–Trinajstić information content (AvgIpc) is 0.964. The molecule has 4 N–H and O–H groups in total. The van der Waals surface area contributed by atoms with Crippen molar-refractivity contribution in [3.63, 3.8) is 0 Å². The van der Waals surface area contributed by atoms with Crippen LogP contribution in [0.5, 0.6) is 0 Å². The van der Waals surface area contributed by atoms with Crippen molar-refractivity contribution in [1.29, 1.82) is 0 Å². The number of phosphoric acid groups is 2. The van der Waals surface area contributed by atoms with E-state index in [2.05, 4.69) is 179 Å². The van der Waals surface area contributed by atoms with Crippen molar-refractivity contribution in [1.82, 2.24) is 0 Å². The van der Waals surface area contributed by atoms with Gasteiger partial charge in [0.05, 0.1) is 26.4 Å². The lowest BCUT2D eigenvalue weighted by Crippen LogP contribution is -2.30. The van der Waals surface area contributed by atoms with Crippen LogP contribution in [0.2, 0.25) is 0 Å². The third kappa shape index (κ3) is 95.7. The Labute approximate surface area is 740 Å². The van der Waals surface area contributed by atoms with Gasteiger partial charge in [-0.2, -0.15) is 0 Å². The lowest BCUT2D eigenvalue weighted by atomic mass is 10.0. The van der Waals surface area contributed by atoms with E-state index in [4.69, 9.17) is 32.3 Å². The van der Waals surface area contributed by atoms with Crippen LogP contribution in [0.3, 0.4) is 0 Å². The summed E-state index contributed by atoms with van der Waals surface area (Å²) in [5.41, 5.74) is 0. The first-order valence-corrected chi connectivity index (χ1v) is 51.8. The molecule has 0 heterocycles. The first-order chi connectivity index (χ1) is 59.2. The van der Waals surface area contributed by atoms with Gasteiger partial charge in [-0.25, -0.2) is 9.13 Å². The number of rotatable bonds is 92. The molecule has 0 bridgehead atoms. The fourth-order valence-electron chi connectivity index (χ4n) is 13.4. The van der Waals surface area contributed by atoms with Crippen molar-refractivity contribution in [2.45, 2.75) is 437 Å². The van der Waals surface area contributed by atoms with Crippen molar-refractivity contribution in [3.05, 3.63) is 158 Å². The molecule has 0 aliphatic rings. The smallest absolute Gasteiger partial charge is 0.463 e. The number of hydrogen-bond acceptors (Lipinski definition) is 14. The minimum Gasteiger partial charge on any atom is -0.463 e. The van der Waals surface area contributed by atoms with Crippen LogP contribution >= 0.6 is 15.6 Å². The largest absolute Gasteiger partial charge is 0.472 e. The maximum absolute atomic E-state index is 13.0. The topological polar surface area (TPSA) is 231 Å². The number of carbonyl (C=O) groups excluding carboxylic acids is 3. The first-order valence-electron chi connectivity index (χ1n) is 48.8. The molecular weight excluding hydrogens is 1560 g/mol.